The molecule has 6 nitrogen and oxygen atoms in total. The fourth-order valence-corrected chi connectivity index (χ4v) is 5.23. The van der Waals surface area contributed by atoms with Crippen LogP contribution in [0.1, 0.15) is 43.5 Å². The topological polar surface area (TPSA) is 65.0 Å². The number of para-hydroxylation sites is 1. The number of ketones is 1. The molecule has 2 aromatic rings. The summed E-state index contributed by atoms with van der Waals surface area (Å²) in [5.74, 6) is 1.48. The number of esters is 1. The summed E-state index contributed by atoms with van der Waals surface area (Å²) in [6.45, 7) is 14.5. The summed E-state index contributed by atoms with van der Waals surface area (Å²) < 4.78 is 12.5. The minimum atomic E-state index is -0.764. The number of aliphatic imine (C=N–C) groups is 1. The van der Waals surface area contributed by atoms with E-state index in [2.05, 4.69) is 18.2 Å². The predicted molar refractivity (Wildman–Crippen MR) is 146 cm³/mol. The highest BCUT2D eigenvalue weighted by Gasteiger charge is 2.49. The lowest BCUT2D eigenvalue weighted by Gasteiger charge is -2.51. The third-order valence-electron chi connectivity index (χ3n) is 7.64. The molecule has 0 spiro atoms. The predicted octanol–water partition coefficient (Wildman–Crippen LogP) is 5.80. The zero-order valence-electron chi connectivity index (χ0n) is 21.9. The fourth-order valence-electron chi connectivity index (χ4n) is 5.23. The molecule has 3 aliphatic heterocycles. The van der Waals surface area contributed by atoms with E-state index in [9.17, 15) is 9.59 Å². The minimum Gasteiger partial charge on any atom is -0.457 e. The molecule has 3 saturated heterocycles. The Balaban J connectivity index is 1.40. The maximum absolute atomic E-state index is 13.3. The minimum absolute atomic E-state index is 0.0952. The summed E-state index contributed by atoms with van der Waals surface area (Å²) in [7, 11) is 0. The van der Waals surface area contributed by atoms with Gasteiger partial charge in [-0.2, -0.15) is 0 Å². The molecule has 2 bridgehead atoms. The van der Waals surface area contributed by atoms with Crippen molar-refractivity contribution in [1.29, 1.82) is 0 Å². The number of ether oxygens (including phenoxy) is 2. The van der Waals surface area contributed by atoms with Crippen molar-refractivity contribution in [2.24, 2.45) is 10.9 Å². The van der Waals surface area contributed by atoms with E-state index in [4.69, 9.17) is 9.47 Å². The fraction of sp³-hybridized carbons (Fsp3) is 0.387. The van der Waals surface area contributed by atoms with Gasteiger partial charge in [-0.25, -0.2) is 4.79 Å². The molecule has 0 aliphatic carbocycles. The quantitative estimate of drug-likeness (QED) is 0.128. The summed E-state index contributed by atoms with van der Waals surface area (Å²) in [6.07, 6.45) is 3.99. The van der Waals surface area contributed by atoms with Crippen LogP contribution in [0.2, 0.25) is 0 Å². The van der Waals surface area contributed by atoms with Crippen molar-refractivity contribution in [1.82, 2.24) is 0 Å². The number of Topliss-reactive ketones (excluding diaryl/α,β-unsaturated/α-hetero) is 1. The molecule has 2 aromatic carbocycles. The first-order valence-corrected chi connectivity index (χ1v) is 13.1. The van der Waals surface area contributed by atoms with Crippen molar-refractivity contribution in [2.75, 3.05) is 26.2 Å². The van der Waals surface area contributed by atoms with Crippen molar-refractivity contribution in [3.63, 3.8) is 0 Å². The van der Waals surface area contributed by atoms with Crippen LogP contribution in [0.15, 0.2) is 84.4 Å². The number of hydrogen-bond donors (Lipinski definition) is 0. The first-order valence-electron chi connectivity index (χ1n) is 13.1. The zero-order valence-corrected chi connectivity index (χ0v) is 21.9. The van der Waals surface area contributed by atoms with E-state index >= 15 is 0 Å². The Morgan fingerprint density at radius 1 is 1.08 bits per heavy atom. The number of carbonyl (C=O) groups is 2. The van der Waals surface area contributed by atoms with Gasteiger partial charge in [0.15, 0.2) is 12.1 Å². The van der Waals surface area contributed by atoms with Crippen LogP contribution in [0, 0.1) is 5.92 Å². The van der Waals surface area contributed by atoms with Gasteiger partial charge in [0.2, 0.25) is 5.78 Å². The number of fused-ring (bicyclic) bond motifs is 3. The Bertz CT molecular complexity index is 1160. The molecule has 0 N–H and O–H groups in total. The lowest BCUT2D eigenvalue weighted by Crippen LogP contribution is -2.66. The lowest BCUT2D eigenvalue weighted by molar-refractivity contribution is -0.938. The number of nitrogens with zero attached hydrogens (tertiary/aromatic N) is 2. The van der Waals surface area contributed by atoms with Crippen LogP contribution in [-0.4, -0.2) is 60.3 Å². The average Bonchev–Trinajstić information content (AvgIpc) is 2.92. The highest BCUT2D eigenvalue weighted by molar-refractivity contribution is 5.97. The van der Waals surface area contributed by atoms with E-state index < -0.39 is 6.04 Å². The second-order valence-electron chi connectivity index (χ2n) is 10.2. The highest BCUT2D eigenvalue weighted by atomic mass is 16.5. The van der Waals surface area contributed by atoms with Crippen LogP contribution in [0.3, 0.4) is 0 Å². The van der Waals surface area contributed by atoms with E-state index in [1.54, 1.807) is 6.08 Å². The van der Waals surface area contributed by atoms with Crippen LogP contribution in [-0.2, 0) is 9.53 Å². The van der Waals surface area contributed by atoms with Crippen LogP contribution >= 0.6 is 0 Å². The smallest absolute Gasteiger partial charge is 0.335 e. The maximum atomic E-state index is 13.3. The van der Waals surface area contributed by atoms with Crippen molar-refractivity contribution in [2.45, 2.75) is 45.3 Å². The number of carbonyl (C=O) groups excluding carboxylic acids is 2. The first kappa shape index (κ1) is 26.6. The van der Waals surface area contributed by atoms with Crippen molar-refractivity contribution < 1.29 is 23.5 Å². The van der Waals surface area contributed by atoms with Crippen LogP contribution in [0.4, 0.5) is 0 Å². The Morgan fingerprint density at radius 3 is 2.35 bits per heavy atom. The number of benzene rings is 2. The summed E-state index contributed by atoms with van der Waals surface area (Å²) in [6, 6.07) is 16.1. The van der Waals surface area contributed by atoms with Crippen molar-refractivity contribution >= 4 is 17.5 Å². The third kappa shape index (κ3) is 6.44. The monoisotopic (exact) mass is 501 g/mol. The van der Waals surface area contributed by atoms with Gasteiger partial charge in [-0.3, -0.25) is 9.79 Å². The highest BCUT2D eigenvalue weighted by Crippen LogP contribution is 2.36. The lowest BCUT2D eigenvalue weighted by atomic mass is 9.82. The number of hydrogen-bond acceptors (Lipinski definition) is 5. The van der Waals surface area contributed by atoms with Gasteiger partial charge in [-0.15, -0.1) is 0 Å². The van der Waals surface area contributed by atoms with Crippen LogP contribution < -0.4 is 4.74 Å². The molecule has 3 aliphatic rings. The number of quaternary nitrogens is 1. The van der Waals surface area contributed by atoms with Gasteiger partial charge in [0.25, 0.3) is 0 Å². The molecule has 5 rings (SSSR count). The number of piperidine rings is 3. The van der Waals surface area contributed by atoms with Crippen LogP contribution in [0.25, 0.3) is 0 Å². The molecule has 0 radical (unpaired) electrons. The molecular formula is C31H37N2O4+. The summed E-state index contributed by atoms with van der Waals surface area (Å²) in [5.41, 5.74) is 2.08. The van der Waals surface area contributed by atoms with Gasteiger partial charge in [0, 0.05) is 30.0 Å². The Labute approximate surface area is 219 Å². The second-order valence-corrected chi connectivity index (χ2v) is 10.2. The molecule has 2 unspecified atom stereocenters. The van der Waals surface area contributed by atoms with Crippen LogP contribution in [0.5, 0.6) is 11.5 Å². The van der Waals surface area contributed by atoms with Crippen molar-refractivity contribution in [3.05, 3.63) is 85.0 Å². The SMILES string of the molecule is C=CC(=C)C(N=C(C)CC)C(=O)OC1C[N+]2(CC(=O)c3ccc(Oc4ccccc4)cc3)CCC1CC2. The number of rotatable bonds is 11. The summed E-state index contributed by atoms with van der Waals surface area (Å²) >= 11 is 0. The van der Waals surface area contributed by atoms with E-state index in [0.717, 1.165) is 43.8 Å². The van der Waals surface area contributed by atoms with Gasteiger partial charge in [0.1, 0.15) is 24.6 Å². The molecular weight excluding hydrogens is 464 g/mol. The summed E-state index contributed by atoms with van der Waals surface area (Å²) in [5, 5.41) is 0. The Morgan fingerprint density at radius 2 is 1.73 bits per heavy atom. The molecule has 0 saturated carbocycles. The summed E-state index contributed by atoms with van der Waals surface area (Å²) in [4.78, 5) is 30.9. The van der Waals surface area contributed by atoms with E-state index in [1.807, 2.05) is 68.4 Å². The van der Waals surface area contributed by atoms with E-state index in [-0.39, 0.29) is 17.9 Å². The standard InChI is InChI=1S/C31H37N2O4/c1-5-22(3)30(32-23(4)6-2)31(35)37-29-21-33(18-16-25(29)17-19-33)20-28(34)24-12-14-27(15-13-24)36-26-10-8-7-9-11-26/h5,7-15,25,29-30H,1,3,6,16-21H2,2,4H3/q+1. The molecule has 3 fully saturated rings. The Hall–Kier alpha value is -3.51. The third-order valence-corrected chi connectivity index (χ3v) is 7.64. The van der Waals surface area contributed by atoms with Gasteiger partial charge < -0.3 is 14.0 Å². The first-order chi connectivity index (χ1) is 17.8. The second kappa shape index (κ2) is 11.7. The largest absolute Gasteiger partial charge is 0.457 e. The van der Waals surface area contributed by atoms with Gasteiger partial charge in [-0.05, 0) is 55.3 Å². The maximum Gasteiger partial charge on any atom is 0.335 e. The molecule has 194 valence electrons. The van der Waals surface area contributed by atoms with Crippen molar-refractivity contribution in [3.8, 4) is 11.5 Å². The zero-order chi connectivity index (χ0) is 26.4. The average molecular weight is 502 g/mol. The van der Waals surface area contributed by atoms with Gasteiger partial charge in [-0.1, -0.05) is 44.4 Å². The molecule has 2 atom stereocenters. The molecule has 37 heavy (non-hydrogen) atoms. The van der Waals surface area contributed by atoms with E-state index in [1.165, 1.54) is 0 Å². The van der Waals surface area contributed by atoms with Gasteiger partial charge >= 0.3 is 5.97 Å². The Kier molecular flexibility index (Phi) is 8.39. The molecule has 3 heterocycles. The van der Waals surface area contributed by atoms with E-state index in [0.29, 0.717) is 40.4 Å². The normalized spacial score (nSPS) is 23.7. The van der Waals surface area contributed by atoms with Gasteiger partial charge in [0.05, 0.1) is 13.1 Å². The molecule has 6 heteroatoms. The molecule has 0 amide bonds. The molecule has 0 aromatic heterocycles.